The fourth-order valence-electron chi connectivity index (χ4n) is 9.52. The summed E-state index contributed by atoms with van der Waals surface area (Å²) in [6.07, 6.45) is 2.64. The van der Waals surface area contributed by atoms with Crippen LogP contribution in [0.3, 0.4) is 0 Å². The van der Waals surface area contributed by atoms with Crippen LogP contribution in [0.25, 0.3) is 20.7 Å². The smallest absolute Gasteiger partial charge is 0.242 e. The minimum atomic E-state index is -1.23. The number of aromatic hydroxyl groups is 1. The third kappa shape index (κ3) is 4.63. The van der Waals surface area contributed by atoms with Crippen molar-refractivity contribution in [2.24, 2.45) is 36.1 Å². The first-order valence-corrected chi connectivity index (χ1v) is 18.7. The average molecular weight is 731 g/mol. The maximum Gasteiger partial charge on any atom is 0.242 e. The standard InChI is InChI=1S/C41H35ClN4O5S/c1-21-28-17-24(42)12-15-32(28)52-36(21)31-19-33(44(3)43-31)46-38(49)30-18-29-26(35(41(30,2)40(46)51)23-10-7-11-25(47)16-23)13-14-27-34(29)39(50)45(37(27)48)20-22-8-5-4-6-9-22/h4-13,15-17,19,27,29-30,34-35,47H,14,18,20H2,1-3H3. The maximum absolute atomic E-state index is 15.0. The molecule has 3 fully saturated rings. The topological polar surface area (TPSA) is 113 Å². The fraction of sp³-hybridized carbons (Fsp3) is 0.293. The van der Waals surface area contributed by atoms with E-state index in [4.69, 9.17) is 16.7 Å². The first-order chi connectivity index (χ1) is 25.0. The number of phenols is 1. The van der Waals surface area contributed by atoms with Crippen LogP contribution < -0.4 is 4.90 Å². The number of amides is 4. The van der Waals surface area contributed by atoms with Crippen LogP contribution in [0.1, 0.15) is 42.4 Å². The van der Waals surface area contributed by atoms with Gasteiger partial charge in [0.1, 0.15) is 17.3 Å². The van der Waals surface area contributed by atoms with Crippen LogP contribution in [-0.4, -0.2) is 43.4 Å². The van der Waals surface area contributed by atoms with E-state index in [1.807, 2.05) is 74.5 Å². The molecule has 1 N–H and O–H groups in total. The number of anilines is 1. The van der Waals surface area contributed by atoms with Crippen LogP contribution in [-0.2, 0) is 32.8 Å². The third-order valence-electron chi connectivity index (χ3n) is 12.0. The summed E-state index contributed by atoms with van der Waals surface area (Å²) < 4.78 is 2.64. The van der Waals surface area contributed by atoms with E-state index < -0.39 is 35.0 Å². The van der Waals surface area contributed by atoms with Gasteiger partial charge in [-0.25, -0.2) is 4.90 Å². The number of likely N-dealkylation sites (tertiary alicyclic amines) is 1. The number of nitrogens with zero attached hydrogens (tertiary/aromatic N) is 4. The molecule has 2 aliphatic carbocycles. The van der Waals surface area contributed by atoms with Crippen molar-refractivity contribution < 1.29 is 24.3 Å². The third-order valence-corrected chi connectivity index (χ3v) is 13.5. The van der Waals surface area contributed by atoms with Gasteiger partial charge in [0.2, 0.25) is 23.6 Å². The minimum Gasteiger partial charge on any atom is -0.508 e. The Morgan fingerprint density at radius 2 is 1.73 bits per heavy atom. The number of benzene rings is 3. The van der Waals surface area contributed by atoms with Crippen LogP contribution in [0.5, 0.6) is 5.75 Å². The van der Waals surface area contributed by atoms with Gasteiger partial charge in [0.05, 0.1) is 34.6 Å². The zero-order valence-electron chi connectivity index (χ0n) is 28.7. The molecule has 1 saturated carbocycles. The van der Waals surface area contributed by atoms with Crippen LogP contribution in [0.4, 0.5) is 5.82 Å². The van der Waals surface area contributed by atoms with Gasteiger partial charge in [-0.05, 0) is 85.0 Å². The summed E-state index contributed by atoms with van der Waals surface area (Å²) in [6, 6.07) is 23.8. The molecular formula is C41H35ClN4O5S. The highest BCUT2D eigenvalue weighted by Gasteiger charge is 2.68. The number of hydrogen-bond acceptors (Lipinski definition) is 7. The Morgan fingerprint density at radius 3 is 2.50 bits per heavy atom. The predicted octanol–water partition coefficient (Wildman–Crippen LogP) is 7.40. The highest BCUT2D eigenvalue weighted by atomic mass is 35.5. The average Bonchev–Trinajstić information content (AvgIpc) is 3.79. The highest BCUT2D eigenvalue weighted by molar-refractivity contribution is 7.22. The molecule has 2 aromatic heterocycles. The van der Waals surface area contributed by atoms with Crippen LogP contribution in [0.15, 0.2) is 90.5 Å². The summed E-state index contributed by atoms with van der Waals surface area (Å²) >= 11 is 7.88. The van der Waals surface area contributed by atoms with Crippen molar-refractivity contribution in [3.8, 4) is 16.3 Å². The second-order valence-corrected chi connectivity index (χ2v) is 16.2. The van der Waals surface area contributed by atoms with E-state index in [1.165, 1.54) is 9.80 Å². The van der Waals surface area contributed by atoms with E-state index >= 15 is 0 Å². The number of phenolic OH excluding ortho intramolecular Hbond substituents is 1. The Bertz CT molecular complexity index is 2400. The van der Waals surface area contributed by atoms with Crippen molar-refractivity contribution in [1.82, 2.24) is 14.7 Å². The summed E-state index contributed by atoms with van der Waals surface area (Å²) in [7, 11) is 1.73. The number of aryl methyl sites for hydroxylation is 2. The lowest BCUT2D eigenvalue weighted by Gasteiger charge is -2.49. The summed E-state index contributed by atoms with van der Waals surface area (Å²) in [4.78, 5) is 61.4. The molecule has 6 atom stereocenters. The van der Waals surface area contributed by atoms with Crippen LogP contribution in [0.2, 0.25) is 5.02 Å². The zero-order valence-corrected chi connectivity index (χ0v) is 30.3. The molecule has 0 bridgehead atoms. The molecule has 9 rings (SSSR count). The van der Waals surface area contributed by atoms with Crippen molar-refractivity contribution in [3.05, 3.63) is 112 Å². The number of imide groups is 2. The molecule has 0 spiro atoms. The number of aromatic nitrogens is 2. The van der Waals surface area contributed by atoms with Gasteiger partial charge < -0.3 is 5.11 Å². The van der Waals surface area contributed by atoms with Gasteiger partial charge in [-0.3, -0.25) is 28.8 Å². The molecule has 4 aliphatic rings. The van der Waals surface area contributed by atoms with Crippen LogP contribution >= 0.6 is 22.9 Å². The van der Waals surface area contributed by atoms with E-state index in [9.17, 15) is 24.3 Å². The fourth-order valence-corrected chi connectivity index (χ4v) is 10.8. The Labute approximate surface area is 309 Å². The second-order valence-electron chi connectivity index (χ2n) is 14.7. The number of hydrogen-bond donors (Lipinski definition) is 1. The number of fused-ring (bicyclic) bond motifs is 5. The van der Waals surface area contributed by atoms with Crippen molar-refractivity contribution in [1.29, 1.82) is 0 Å². The molecule has 52 heavy (non-hydrogen) atoms. The number of allylic oxidation sites excluding steroid dienone is 2. The summed E-state index contributed by atoms with van der Waals surface area (Å²) in [5.74, 6) is -3.77. The Balaban J connectivity index is 1.13. The Kier molecular flexibility index (Phi) is 7.40. The van der Waals surface area contributed by atoms with Crippen molar-refractivity contribution in [3.63, 3.8) is 0 Å². The van der Waals surface area contributed by atoms with E-state index in [1.54, 1.807) is 47.3 Å². The largest absolute Gasteiger partial charge is 0.508 e. The quantitative estimate of drug-likeness (QED) is 0.149. The molecule has 262 valence electrons. The van der Waals surface area contributed by atoms with Gasteiger partial charge in [0, 0.05) is 28.8 Å². The maximum atomic E-state index is 15.0. The van der Waals surface area contributed by atoms with Crippen molar-refractivity contribution in [2.75, 3.05) is 4.90 Å². The Hall–Kier alpha value is -5.06. The number of carbonyl (C=O) groups is 4. The van der Waals surface area contributed by atoms with Crippen molar-refractivity contribution >= 4 is 62.5 Å². The van der Waals surface area contributed by atoms with E-state index in [0.29, 0.717) is 28.5 Å². The number of rotatable bonds is 5. The zero-order chi connectivity index (χ0) is 36.2. The summed E-state index contributed by atoms with van der Waals surface area (Å²) in [5, 5.41) is 17.1. The van der Waals surface area contributed by atoms with Gasteiger partial charge in [-0.1, -0.05) is 65.7 Å². The summed E-state index contributed by atoms with van der Waals surface area (Å²) in [6.45, 7) is 4.04. The van der Waals surface area contributed by atoms with Gasteiger partial charge in [0.15, 0.2) is 0 Å². The molecule has 2 aliphatic heterocycles. The van der Waals surface area contributed by atoms with Gasteiger partial charge in [0.25, 0.3) is 0 Å². The monoisotopic (exact) mass is 730 g/mol. The molecule has 3 aromatic carbocycles. The lowest BCUT2D eigenvalue weighted by atomic mass is 9.51. The van der Waals surface area contributed by atoms with Gasteiger partial charge >= 0.3 is 0 Å². The molecule has 0 radical (unpaired) electrons. The lowest BCUT2D eigenvalue weighted by Crippen LogP contribution is -2.48. The number of halogens is 1. The van der Waals surface area contributed by atoms with E-state index in [0.717, 1.165) is 31.7 Å². The first-order valence-electron chi connectivity index (χ1n) is 17.5. The molecular weight excluding hydrogens is 696 g/mol. The number of carbonyl (C=O) groups excluding carboxylic acids is 4. The molecule has 4 amide bonds. The highest BCUT2D eigenvalue weighted by Crippen LogP contribution is 2.64. The lowest BCUT2D eigenvalue weighted by molar-refractivity contribution is -0.141. The number of thiophene rings is 1. The molecule has 9 nitrogen and oxygen atoms in total. The van der Waals surface area contributed by atoms with E-state index in [2.05, 4.69) is 0 Å². The van der Waals surface area contributed by atoms with Crippen LogP contribution in [0, 0.1) is 36.0 Å². The van der Waals surface area contributed by atoms with Gasteiger partial charge in [-0.2, -0.15) is 5.10 Å². The molecule has 4 heterocycles. The second kappa shape index (κ2) is 11.7. The first kappa shape index (κ1) is 32.8. The predicted molar refractivity (Wildman–Crippen MR) is 198 cm³/mol. The van der Waals surface area contributed by atoms with Crippen molar-refractivity contribution in [2.45, 2.75) is 39.2 Å². The molecule has 6 unspecified atom stereocenters. The van der Waals surface area contributed by atoms with E-state index in [-0.39, 0.29) is 42.3 Å². The molecule has 11 heteroatoms. The molecule has 5 aromatic rings. The van der Waals surface area contributed by atoms with Gasteiger partial charge in [-0.15, -0.1) is 11.3 Å². The molecule has 2 saturated heterocycles. The Morgan fingerprint density at radius 1 is 0.942 bits per heavy atom. The summed E-state index contributed by atoms with van der Waals surface area (Å²) in [5.41, 5.74) is 2.85. The minimum absolute atomic E-state index is 0.0418. The SMILES string of the molecule is Cc1c(-c2cc(N3C(=O)C4CC5C(=CCC6C(=O)N(Cc7ccccc7)C(=O)C65)C(c5cccc(O)c5)C4(C)C3=O)n(C)n2)sc2ccc(Cl)cc12. The normalized spacial score (nSPS) is 26.9.